The largest absolute Gasteiger partial charge is 0.493 e. The zero-order valence-corrected chi connectivity index (χ0v) is 11.3. The molecule has 0 saturated carbocycles. The van der Waals surface area contributed by atoms with Gasteiger partial charge in [0.1, 0.15) is 0 Å². The molecule has 3 nitrogen and oxygen atoms in total. The number of fused-ring (bicyclic) bond motifs is 1. The van der Waals surface area contributed by atoms with Gasteiger partial charge in [0.25, 0.3) is 0 Å². The van der Waals surface area contributed by atoms with Crippen molar-refractivity contribution in [2.45, 2.75) is 29.9 Å². The van der Waals surface area contributed by atoms with Crippen molar-refractivity contribution in [3.63, 3.8) is 0 Å². The number of hydrogen-bond donors (Lipinski definition) is 0. The van der Waals surface area contributed by atoms with Gasteiger partial charge in [-0.2, -0.15) is 0 Å². The maximum Gasteiger partial charge on any atom is 0.165 e. The maximum atomic E-state index is 12.1. The summed E-state index contributed by atoms with van der Waals surface area (Å²) < 4.78 is 10.4. The Hall–Kier alpha value is -1.16. The van der Waals surface area contributed by atoms with Crippen LogP contribution < -0.4 is 9.47 Å². The van der Waals surface area contributed by atoms with Gasteiger partial charge in [-0.05, 0) is 26.0 Å². The fourth-order valence-corrected chi connectivity index (χ4v) is 3.23. The Morgan fingerprint density at radius 2 is 1.76 bits per heavy atom. The second kappa shape index (κ2) is 4.26. The number of rotatable bonds is 2. The quantitative estimate of drug-likeness (QED) is 0.810. The van der Waals surface area contributed by atoms with Crippen LogP contribution in [0.4, 0.5) is 0 Å². The summed E-state index contributed by atoms with van der Waals surface area (Å²) >= 11 is 1.71. The molecule has 0 atom stereocenters. The summed E-state index contributed by atoms with van der Waals surface area (Å²) in [5.74, 6) is 1.45. The van der Waals surface area contributed by atoms with E-state index in [1.54, 1.807) is 32.0 Å². The monoisotopic (exact) mass is 252 g/mol. The van der Waals surface area contributed by atoms with E-state index in [-0.39, 0.29) is 10.5 Å². The van der Waals surface area contributed by atoms with Gasteiger partial charge in [0, 0.05) is 21.6 Å². The summed E-state index contributed by atoms with van der Waals surface area (Å²) in [5.41, 5.74) is 0.743. The first kappa shape index (κ1) is 12.3. The third-order valence-corrected chi connectivity index (χ3v) is 4.01. The third-order valence-electron chi connectivity index (χ3n) is 2.76. The van der Waals surface area contributed by atoms with Gasteiger partial charge < -0.3 is 9.47 Å². The van der Waals surface area contributed by atoms with Crippen LogP contribution >= 0.6 is 11.8 Å². The number of ether oxygens (including phenoxy) is 2. The average molecular weight is 252 g/mol. The first-order valence-corrected chi connectivity index (χ1v) is 6.27. The molecule has 1 heterocycles. The minimum atomic E-state index is -0.0519. The molecule has 1 aromatic carbocycles. The normalized spacial score (nSPS) is 17.5. The summed E-state index contributed by atoms with van der Waals surface area (Å²) in [6.07, 6.45) is 0.556. The van der Waals surface area contributed by atoms with Crippen LogP contribution in [0.25, 0.3) is 0 Å². The molecule has 0 spiro atoms. The Bertz CT molecular complexity index is 466. The number of carbonyl (C=O) groups excluding carboxylic acids is 1. The van der Waals surface area contributed by atoms with E-state index in [9.17, 15) is 4.79 Å². The second-order valence-electron chi connectivity index (χ2n) is 4.67. The van der Waals surface area contributed by atoms with Crippen LogP contribution in [-0.4, -0.2) is 24.7 Å². The third kappa shape index (κ3) is 2.27. The van der Waals surface area contributed by atoms with Crippen LogP contribution in [-0.2, 0) is 0 Å². The maximum absolute atomic E-state index is 12.1. The summed E-state index contributed by atoms with van der Waals surface area (Å²) in [6, 6.07) is 3.66. The lowest BCUT2D eigenvalue weighted by Gasteiger charge is -2.29. The summed E-state index contributed by atoms with van der Waals surface area (Å²) in [6.45, 7) is 4.16. The van der Waals surface area contributed by atoms with Crippen molar-refractivity contribution in [1.29, 1.82) is 0 Å². The van der Waals surface area contributed by atoms with Gasteiger partial charge in [-0.1, -0.05) is 0 Å². The molecule has 0 radical (unpaired) electrons. The minimum absolute atomic E-state index is 0.0519. The smallest absolute Gasteiger partial charge is 0.165 e. The SMILES string of the molecule is COc1cc2c(cc1OC)C(=O)CC(C)(C)S2. The van der Waals surface area contributed by atoms with Crippen molar-refractivity contribution < 1.29 is 14.3 Å². The van der Waals surface area contributed by atoms with Gasteiger partial charge in [-0.3, -0.25) is 4.79 Å². The first-order valence-electron chi connectivity index (χ1n) is 5.45. The van der Waals surface area contributed by atoms with Crippen molar-refractivity contribution in [1.82, 2.24) is 0 Å². The van der Waals surface area contributed by atoms with Gasteiger partial charge in [0.2, 0.25) is 0 Å². The number of ketones is 1. The molecule has 1 aliphatic rings. The van der Waals surface area contributed by atoms with Crippen LogP contribution in [0.5, 0.6) is 11.5 Å². The van der Waals surface area contributed by atoms with Crippen LogP contribution in [0.3, 0.4) is 0 Å². The van der Waals surface area contributed by atoms with Crippen LogP contribution in [0.15, 0.2) is 17.0 Å². The van der Waals surface area contributed by atoms with Gasteiger partial charge in [0.15, 0.2) is 17.3 Å². The molecule has 2 rings (SSSR count). The lowest BCUT2D eigenvalue weighted by atomic mass is 9.99. The highest BCUT2D eigenvalue weighted by molar-refractivity contribution is 8.00. The van der Waals surface area contributed by atoms with Crippen molar-refractivity contribution in [3.05, 3.63) is 17.7 Å². The predicted molar refractivity (Wildman–Crippen MR) is 68.4 cm³/mol. The lowest BCUT2D eigenvalue weighted by Crippen LogP contribution is -2.25. The van der Waals surface area contributed by atoms with Crippen LogP contribution in [0.2, 0.25) is 0 Å². The standard InChI is InChI=1S/C13H16O3S/c1-13(2)7-9(14)8-5-10(15-3)11(16-4)6-12(8)17-13/h5-6H,7H2,1-4H3. The molecule has 92 valence electrons. The summed E-state index contributed by atoms with van der Waals surface area (Å²) in [7, 11) is 3.18. The fraction of sp³-hybridized carbons (Fsp3) is 0.462. The van der Waals surface area contributed by atoms with Gasteiger partial charge >= 0.3 is 0 Å². The zero-order chi connectivity index (χ0) is 12.6. The number of benzene rings is 1. The topological polar surface area (TPSA) is 35.5 Å². The number of hydrogen-bond acceptors (Lipinski definition) is 4. The zero-order valence-electron chi connectivity index (χ0n) is 10.5. The summed E-state index contributed by atoms with van der Waals surface area (Å²) in [4.78, 5) is 13.0. The van der Waals surface area contributed by atoms with E-state index in [1.165, 1.54) is 0 Å². The molecular weight excluding hydrogens is 236 g/mol. The fourth-order valence-electron chi connectivity index (χ4n) is 1.98. The van der Waals surface area contributed by atoms with Crippen molar-refractivity contribution >= 4 is 17.5 Å². The minimum Gasteiger partial charge on any atom is -0.493 e. The van der Waals surface area contributed by atoms with Crippen LogP contribution in [0, 0.1) is 0 Å². The molecule has 0 saturated heterocycles. The summed E-state index contributed by atoms with van der Waals surface area (Å²) in [5, 5.41) is 0. The molecule has 0 amide bonds. The number of Topliss-reactive ketones (excluding diaryl/α,β-unsaturated/α-hetero) is 1. The van der Waals surface area contributed by atoms with Gasteiger partial charge in [-0.25, -0.2) is 0 Å². The molecule has 0 unspecified atom stereocenters. The van der Waals surface area contributed by atoms with E-state index >= 15 is 0 Å². The van der Waals surface area contributed by atoms with E-state index in [4.69, 9.17) is 9.47 Å². The second-order valence-corrected chi connectivity index (χ2v) is 6.41. The van der Waals surface area contributed by atoms with E-state index in [2.05, 4.69) is 13.8 Å². The Labute approximate surface area is 105 Å². The number of methoxy groups -OCH3 is 2. The molecule has 1 aliphatic heterocycles. The number of carbonyl (C=O) groups is 1. The molecular formula is C13H16O3S. The molecule has 4 heteroatoms. The Kier molecular flexibility index (Phi) is 3.08. The molecule has 0 aliphatic carbocycles. The van der Waals surface area contributed by atoms with Gasteiger partial charge in [0.05, 0.1) is 14.2 Å². The van der Waals surface area contributed by atoms with Crippen molar-refractivity contribution in [2.75, 3.05) is 14.2 Å². The van der Waals surface area contributed by atoms with Crippen LogP contribution in [0.1, 0.15) is 30.6 Å². The highest BCUT2D eigenvalue weighted by Gasteiger charge is 2.32. The number of thioether (sulfide) groups is 1. The Morgan fingerprint density at radius 1 is 1.18 bits per heavy atom. The average Bonchev–Trinajstić information content (AvgIpc) is 2.26. The van der Waals surface area contributed by atoms with Crippen molar-refractivity contribution in [2.24, 2.45) is 0 Å². The molecule has 0 fully saturated rings. The lowest BCUT2D eigenvalue weighted by molar-refractivity contribution is 0.0967. The highest BCUT2D eigenvalue weighted by atomic mass is 32.2. The first-order chi connectivity index (χ1) is 7.96. The van der Waals surface area contributed by atoms with Gasteiger partial charge in [-0.15, -0.1) is 11.8 Å². The van der Waals surface area contributed by atoms with E-state index in [0.717, 1.165) is 10.5 Å². The van der Waals surface area contributed by atoms with Crippen molar-refractivity contribution in [3.8, 4) is 11.5 Å². The highest BCUT2D eigenvalue weighted by Crippen LogP contribution is 2.46. The molecule has 17 heavy (non-hydrogen) atoms. The van der Waals surface area contributed by atoms with E-state index in [0.29, 0.717) is 17.9 Å². The molecule has 0 N–H and O–H groups in total. The Morgan fingerprint density at radius 3 is 2.35 bits per heavy atom. The molecule has 0 aromatic heterocycles. The molecule has 1 aromatic rings. The molecule has 0 bridgehead atoms. The predicted octanol–water partition coefficient (Wildman–Crippen LogP) is 3.16. The van der Waals surface area contributed by atoms with E-state index < -0.39 is 0 Å². The van der Waals surface area contributed by atoms with E-state index in [1.807, 2.05) is 6.07 Å². The Balaban J connectivity index is 2.53.